The average Bonchev–Trinajstić information content (AvgIpc) is 3.14. The van der Waals surface area contributed by atoms with Crippen LogP contribution in [0, 0.1) is 0 Å². The second-order valence-electron chi connectivity index (χ2n) is 5.46. The van der Waals surface area contributed by atoms with Crippen LogP contribution in [-0.2, 0) is 4.74 Å². The molecular weight excluding hydrogens is 308 g/mol. The van der Waals surface area contributed by atoms with E-state index < -0.39 is 0 Å². The summed E-state index contributed by atoms with van der Waals surface area (Å²) in [7, 11) is 1.60. The zero-order valence-electron chi connectivity index (χ0n) is 13.5. The maximum atomic E-state index is 12.1. The number of amides is 1. The minimum Gasteiger partial charge on any atom is -0.495 e. The number of hydrogen-bond acceptors (Lipinski definition) is 6. The molecule has 1 aromatic heterocycles. The summed E-state index contributed by atoms with van der Waals surface area (Å²) in [5.74, 6) is 0.995. The molecule has 2 aromatic rings. The summed E-state index contributed by atoms with van der Waals surface area (Å²) >= 11 is 0. The van der Waals surface area contributed by atoms with Crippen LogP contribution in [0.3, 0.4) is 0 Å². The molecule has 1 fully saturated rings. The molecule has 3 rings (SSSR count). The monoisotopic (exact) mass is 328 g/mol. The largest absolute Gasteiger partial charge is 0.495 e. The van der Waals surface area contributed by atoms with Crippen molar-refractivity contribution >= 4 is 17.4 Å². The molecule has 126 valence electrons. The van der Waals surface area contributed by atoms with Gasteiger partial charge in [-0.05, 0) is 25.0 Å². The van der Waals surface area contributed by atoms with Crippen LogP contribution in [0.5, 0.6) is 5.75 Å². The standard InChI is InChI=1S/C17H20N4O3/c1-23-15-7-3-2-6-13(15)21-16-11-18-14(10-19-16)17(22)20-9-12-5-4-8-24-12/h2-3,6-7,10-12H,4-5,8-9H2,1H3,(H,19,21)(H,20,22). The summed E-state index contributed by atoms with van der Waals surface area (Å²) in [5.41, 5.74) is 1.06. The lowest BCUT2D eigenvalue weighted by Gasteiger charge is -2.11. The topological polar surface area (TPSA) is 85.4 Å². The first-order valence-corrected chi connectivity index (χ1v) is 7.88. The van der Waals surface area contributed by atoms with Crippen molar-refractivity contribution in [3.8, 4) is 5.75 Å². The second-order valence-corrected chi connectivity index (χ2v) is 5.46. The van der Waals surface area contributed by atoms with Crippen molar-refractivity contribution in [2.75, 3.05) is 25.6 Å². The van der Waals surface area contributed by atoms with Crippen molar-refractivity contribution in [2.45, 2.75) is 18.9 Å². The van der Waals surface area contributed by atoms with Crippen molar-refractivity contribution in [2.24, 2.45) is 0 Å². The molecule has 2 heterocycles. The van der Waals surface area contributed by atoms with Gasteiger partial charge in [0.05, 0.1) is 31.3 Å². The van der Waals surface area contributed by atoms with Gasteiger partial charge >= 0.3 is 0 Å². The molecule has 0 saturated carbocycles. The zero-order valence-corrected chi connectivity index (χ0v) is 13.5. The highest BCUT2D eigenvalue weighted by Crippen LogP contribution is 2.25. The minimum absolute atomic E-state index is 0.105. The number of anilines is 2. The number of aromatic nitrogens is 2. The molecule has 0 bridgehead atoms. The van der Waals surface area contributed by atoms with Gasteiger partial charge in [-0.3, -0.25) is 4.79 Å². The lowest BCUT2D eigenvalue weighted by molar-refractivity contribution is 0.0853. The Labute approximate surface area is 140 Å². The van der Waals surface area contributed by atoms with E-state index in [9.17, 15) is 4.79 Å². The first-order chi connectivity index (χ1) is 11.8. The smallest absolute Gasteiger partial charge is 0.271 e. The number of para-hydroxylation sites is 2. The van der Waals surface area contributed by atoms with E-state index in [-0.39, 0.29) is 17.7 Å². The van der Waals surface area contributed by atoms with Gasteiger partial charge in [-0.25, -0.2) is 9.97 Å². The second kappa shape index (κ2) is 7.74. The Bertz CT molecular complexity index is 684. The highest BCUT2D eigenvalue weighted by atomic mass is 16.5. The van der Waals surface area contributed by atoms with E-state index in [0.717, 1.165) is 25.1 Å². The molecule has 7 heteroatoms. The molecule has 1 aliphatic rings. The van der Waals surface area contributed by atoms with Gasteiger partial charge in [0.15, 0.2) is 0 Å². The third-order valence-corrected chi connectivity index (χ3v) is 3.77. The van der Waals surface area contributed by atoms with Crippen LogP contribution < -0.4 is 15.4 Å². The first-order valence-electron chi connectivity index (χ1n) is 7.88. The lowest BCUT2D eigenvalue weighted by Crippen LogP contribution is -2.32. The Balaban J connectivity index is 1.59. The van der Waals surface area contributed by atoms with Crippen molar-refractivity contribution < 1.29 is 14.3 Å². The van der Waals surface area contributed by atoms with E-state index in [2.05, 4.69) is 20.6 Å². The van der Waals surface area contributed by atoms with E-state index in [1.165, 1.54) is 12.4 Å². The summed E-state index contributed by atoms with van der Waals surface area (Å²) in [5, 5.41) is 5.94. The molecule has 1 amide bonds. The van der Waals surface area contributed by atoms with Gasteiger partial charge in [0.1, 0.15) is 17.3 Å². The summed E-state index contributed by atoms with van der Waals surface area (Å²) < 4.78 is 10.7. The van der Waals surface area contributed by atoms with E-state index in [1.807, 2.05) is 24.3 Å². The molecule has 0 radical (unpaired) electrons. The molecule has 0 aliphatic carbocycles. The van der Waals surface area contributed by atoms with Gasteiger partial charge < -0.3 is 20.1 Å². The Morgan fingerprint density at radius 2 is 2.21 bits per heavy atom. The van der Waals surface area contributed by atoms with Crippen LogP contribution in [0.15, 0.2) is 36.7 Å². The maximum absolute atomic E-state index is 12.1. The Morgan fingerprint density at radius 1 is 1.33 bits per heavy atom. The molecule has 1 unspecified atom stereocenters. The highest BCUT2D eigenvalue weighted by molar-refractivity contribution is 5.92. The van der Waals surface area contributed by atoms with Crippen LogP contribution in [0.2, 0.25) is 0 Å². The molecular formula is C17H20N4O3. The third-order valence-electron chi connectivity index (χ3n) is 3.77. The van der Waals surface area contributed by atoms with Crippen molar-refractivity contribution in [1.82, 2.24) is 15.3 Å². The number of carbonyl (C=O) groups is 1. The first kappa shape index (κ1) is 16.2. The number of hydrogen-bond donors (Lipinski definition) is 2. The predicted molar refractivity (Wildman–Crippen MR) is 89.6 cm³/mol. The number of ether oxygens (including phenoxy) is 2. The van der Waals surface area contributed by atoms with E-state index in [0.29, 0.717) is 18.1 Å². The summed E-state index contributed by atoms with van der Waals surface area (Å²) in [6.07, 6.45) is 5.10. The van der Waals surface area contributed by atoms with Crippen LogP contribution in [0.1, 0.15) is 23.3 Å². The number of nitrogens with zero attached hydrogens (tertiary/aromatic N) is 2. The molecule has 1 aliphatic heterocycles. The fourth-order valence-electron chi connectivity index (χ4n) is 2.50. The fourth-order valence-corrected chi connectivity index (χ4v) is 2.50. The molecule has 24 heavy (non-hydrogen) atoms. The highest BCUT2D eigenvalue weighted by Gasteiger charge is 2.17. The van der Waals surface area contributed by atoms with Crippen LogP contribution >= 0.6 is 0 Å². The molecule has 7 nitrogen and oxygen atoms in total. The number of methoxy groups -OCH3 is 1. The zero-order chi connectivity index (χ0) is 16.8. The van der Waals surface area contributed by atoms with Gasteiger partial charge in [0.25, 0.3) is 5.91 Å². The number of nitrogens with one attached hydrogen (secondary N) is 2. The van der Waals surface area contributed by atoms with Crippen LogP contribution in [-0.4, -0.2) is 42.2 Å². The normalized spacial score (nSPS) is 16.6. The van der Waals surface area contributed by atoms with Gasteiger partial charge in [-0.1, -0.05) is 12.1 Å². The van der Waals surface area contributed by atoms with Crippen molar-refractivity contribution in [3.63, 3.8) is 0 Å². The summed E-state index contributed by atoms with van der Waals surface area (Å²) in [6, 6.07) is 7.51. The molecule has 1 aromatic carbocycles. The lowest BCUT2D eigenvalue weighted by atomic mass is 10.2. The SMILES string of the molecule is COc1ccccc1Nc1cnc(C(=O)NCC2CCCO2)cn1. The average molecular weight is 328 g/mol. The molecule has 2 N–H and O–H groups in total. The summed E-state index contributed by atoms with van der Waals surface area (Å²) in [4.78, 5) is 20.4. The minimum atomic E-state index is -0.248. The van der Waals surface area contributed by atoms with Crippen LogP contribution in [0.25, 0.3) is 0 Å². The number of carbonyl (C=O) groups excluding carboxylic acids is 1. The van der Waals surface area contributed by atoms with Gasteiger partial charge in [0, 0.05) is 13.2 Å². The quantitative estimate of drug-likeness (QED) is 0.845. The molecule has 1 saturated heterocycles. The molecule has 1 atom stereocenters. The number of benzene rings is 1. The van der Waals surface area contributed by atoms with Gasteiger partial charge in [0.2, 0.25) is 0 Å². The number of rotatable bonds is 6. The Kier molecular flexibility index (Phi) is 5.22. The van der Waals surface area contributed by atoms with Crippen molar-refractivity contribution in [3.05, 3.63) is 42.4 Å². The van der Waals surface area contributed by atoms with Gasteiger partial charge in [-0.15, -0.1) is 0 Å². The molecule has 0 spiro atoms. The predicted octanol–water partition coefficient (Wildman–Crippen LogP) is 2.14. The van der Waals surface area contributed by atoms with Crippen molar-refractivity contribution in [1.29, 1.82) is 0 Å². The fraction of sp³-hybridized carbons (Fsp3) is 0.353. The van der Waals surface area contributed by atoms with Gasteiger partial charge in [-0.2, -0.15) is 0 Å². The third kappa shape index (κ3) is 3.99. The van der Waals surface area contributed by atoms with E-state index in [4.69, 9.17) is 9.47 Å². The Hall–Kier alpha value is -2.67. The maximum Gasteiger partial charge on any atom is 0.271 e. The van der Waals surface area contributed by atoms with E-state index >= 15 is 0 Å². The Morgan fingerprint density at radius 3 is 2.92 bits per heavy atom. The van der Waals surface area contributed by atoms with Crippen LogP contribution in [0.4, 0.5) is 11.5 Å². The summed E-state index contributed by atoms with van der Waals surface area (Å²) in [6.45, 7) is 1.27. The van der Waals surface area contributed by atoms with E-state index in [1.54, 1.807) is 7.11 Å².